The zero-order valence-corrected chi connectivity index (χ0v) is 20.4. The molecule has 1 aromatic carbocycles. The van der Waals surface area contributed by atoms with Crippen LogP contribution in [0.2, 0.25) is 0 Å². The van der Waals surface area contributed by atoms with Crippen LogP contribution in [0.5, 0.6) is 0 Å². The fourth-order valence-electron chi connectivity index (χ4n) is 6.06. The van der Waals surface area contributed by atoms with Crippen molar-refractivity contribution in [1.29, 1.82) is 0 Å². The van der Waals surface area contributed by atoms with Crippen molar-refractivity contribution >= 4 is 27.8 Å². The maximum Gasteiger partial charge on any atom is 0.340 e. The van der Waals surface area contributed by atoms with E-state index in [1.807, 2.05) is 49.3 Å². The summed E-state index contributed by atoms with van der Waals surface area (Å²) in [5, 5.41) is 1.84. The highest BCUT2D eigenvalue weighted by Crippen LogP contribution is 2.36. The molecule has 2 aliphatic rings. The molecule has 0 unspecified atom stereocenters. The molecule has 1 saturated heterocycles. The topological polar surface area (TPSA) is 85.7 Å². The molecule has 2 aliphatic heterocycles. The van der Waals surface area contributed by atoms with E-state index in [0.717, 1.165) is 50.9 Å². The molecule has 0 saturated carbocycles. The monoisotopic (exact) mass is 472 g/mol. The maximum absolute atomic E-state index is 13.4. The lowest BCUT2D eigenvalue weighted by atomic mass is 9.83. The Kier molecular flexibility index (Phi) is 4.82. The maximum atomic E-state index is 13.4. The first-order valence-electron chi connectivity index (χ1n) is 12.2. The molecule has 2 atom stereocenters. The Labute approximate surface area is 201 Å². The van der Waals surface area contributed by atoms with Crippen molar-refractivity contribution in [2.24, 2.45) is 5.92 Å². The van der Waals surface area contributed by atoms with Crippen LogP contribution >= 0.6 is 0 Å². The standard InChI is InChI=1S/C28H28N2O5/c1-14-17(4)34-26-16(3)27-21(9-20(14)26)15(2)22(28(33)35-27)10-25(32)29-11-18-8-19(13-29)23-6-5-7-24(31)30(23)12-18/h5-7,9,18-19H,8,10-13H2,1-4H3/t18-,19+/m1/s1. The summed E-state index contributed by atoms with van der Waals surface area (Å²) in [5.41, 5.74) is 4.84. The van der Waals surface area contributed by atoms with E-state index in [1.165, 1.54) is 0 Å². The first-order valence-corrected chi connectivity index (χ1v) is 12.2. The van der Waals surface area contributed by atoms with Gasteiger partial charge in [0, 0.05) is 53.6 Å². The first kappa shape index (κ1) is 21.9. The lowest BCUT2D eigenvalue weighted by Crippen LogP contribution is -2.49. The number of furan rings is 1. The van der Waals surface area contributed by atoms with Crippen molar-refractivity contribution in [2.75, 3.05) is 13.1 Å². The Balaban J connectivity index is 1.35. The van der Waals surface area contributed by atoms with Crippen LogP contribution in [0.25, 0.3) is 21.9 Å². The van der Waals surface area contributed by atoms with Gasteiger partial charge in [0.15, 0.2) is 0 Å². The smallest absolute Gasteiger partial charge is 0.340 e. The molecule has 7 nitrogen and oxygen atoms in total. The third kappa shape index (κ3) is 3.28. The van der Waals surface area contributed by atoms with E-state index >= 15 is 0 Å². The predicted molar refractivity (Wildman–Crippen MR) is 133 cm³/mol. The lowest BCUT2D eigenvalue weighted by Gasteiger charge is -2.42. The normalized spacial score (nSPS) is 19.4. The number of piperidine rings is 1. The quantitative estimate of drug-likeness (QED) is 0.410. The minimum atomic E-state index is -0.472. The third-order valence-electron chi connectivity index (χ3n) is 8.10. The number of likely N-dealkylation sites (tertiary alicyclic amines) is 1. The van der Waals surface area contributed by atoms with E-state index in [0.29, 0.717) is 30.8 Å². The highest BCUT2D eigenvalue weighted by atomic mass is 16.4. The zero-order chi connectivity index (χ0) is 24.6. The summed E-state index contributed by atoms with van der Waals surface area (Å²) in [6, 6.07) is 7.38. The SMILES string of the molecule is Cc1oc2c(C)c3oc(=O)c(CC(=O)N4C[C@H]5C[C@@H](C4)c4cccc(=O)n4C5)c(C)c3cc2c1C. The van der Waals surface area contributed by atoms with Gasteiger partial charge in [-0.2, -0.15) is 0 Å². The van der Waals surface area contributed by atoms with Crippen molar-refractivity contribution < 1.29 is 13.6 Å². The molecular weight excluding hydrogens is 444 g/mol. The fraction of sp³-hybridized carbons (Fsp3) is 0.393. The number of carbonyl (C=O) groups is 1. The van der Waals surface area contributed by atoms with Crippen LogP contribution in [0.15, 0.2) is 42.7 Å². The number of aryl methyl sites for hydroxylation is 4. The van der Waals surface area contributed by atoms with Gasteiger partial charge < -0.3 is 18.3 Å². The predicted octanol–water partition coefficient (Wildman–Crippen LogP) is 4.12. The molecule has 6 rings (SSSR count). The molecule has 0 spiro atoms. The minimum Gasteiger partial charge on any atom is -0.461 e. The van der Waals surface area contributed by atoms with Crippen LogP contribution in [0.3, 0.4) is 0 Å². The van der Waals surface area contributed by atoms with Gasteiger partial charge in [0.1, 0.15) is 16.9 Å². The van der Waals surface area contributed by atoms with Crippen molar-refractivity contribution in [1.82, 2.24) is 9.47 Å². The summed E-state index contributed by atoms with van der Waals surface area (Å²) in [4.78, 5) is 40.6. The van der Waals surface area contributed by atoms with Gasteiger partial charge in [0.2, 0.25) is 5.91 Å². The Morgan fingerprint density at radius 2 is 1.69 bits per heavy atom. The van der Waals surface area contributed by atoms with Gasteiger partial charge in [-0.3, -0.25) is 9.59 Å². The van der Waals surface area contributed by atoms with Crippen LogP contribution in [0.1, 0.15) is 46.0 Å². The summed E-state index contributed by atoms with van der Waals surface area (Å²) < 4.78 is 13.5. The number of amides is 1. The average Bonchev–Trinajstić information content (AvgIpc) is 3.12. The van der Waals surface area contributed by atoms with E-state index < -0.39 is 5.63 Å². The van der Waals surface area contributed by atoms with Crippen LogP contribution in [0.4, 0.5) is 0 Å². The van der Waals surface area contributed by atoms with Gasteiger partial charge >= 0.3 is 5.63 Å². The Morgan fingerprint density at radius 3 is 2.49 bits per heavy atom. The van der Waals surface area contributed by atoms with E-state index in [9.17, 15) is 14.4 Å². The molecule has 4 aromatic rings. The van der Waals surface area contributed by atoms with E-state index in [-0.39, 0.29) is 29.7 Å². The highest BCUT2D eigenvalue weighted by molar-refractivity contribution is 6.00. The van der Waals surface area contributed by atoms with Gasteiger partial charge in [0.25, 0.3) is 5.56 Å². The largest absolute Gasteiger partial charge is 0.461 e. The minimum absolute atomic E-state index is 0.00558. The van der Waals surface area contributed by atoms with E-state index in [1.54, 1.807) is 12.1 Å². The number of nitrogens with zero attached hydrogens (tertiary/aromatic N) is 2. The zero-order valence-electron chi connectivity index (χ0n) is 20.4. The second-order valence-corrected chi connectivity index (χ2v) is 10.2. The second-order valence-electron chi connectivity index (χ2n) is 10.2. The molecule has 3 aromatic heterocycles. The number of benzene rings is 1. The highest BCUT2D eigenvalue weighted by Gasteiger charge is 2.36. The van der Waals surface area contributed by atoms with E-state index in [2.05, 4.69) is 0 Å². The fourth-order valence-corrected chi connectivity index (χ4v) is 6.06. The van der Waals surface area contributed by atoms with E-state index in [4.69, 9.17) is 8.83 Å². The molecule has 180 valence electrons. The molecule has 7 heteroatoms. The summed E-state index contributed by atoms with van der Waals surface area (Å²) in [7, 11) is 0. The van der Waals surface area contributed by atoms with Crippen LogP contribution < -0.4 is 11.2 Å². The summed E-state index contributed by atoms with van der Waals surface area (Å²) >= 11 is 0. The number of hydrogen-bond acceptors (Lipinski definition) is 5. The molecule has 35 heavy (non-hydrogen) atoms. The molecule has 5 heterocycles. The molecular formula is C28H28N2O5. The van der Waals surface area contributed by atoms with Gasteiger partial charge in [-0.05, 0) is 63.3 Å². The van der Waals surface area contributed by atoms with Crippen LogP contribution in [-0.4, -0.2) is 28.5 Å². The van der Waals surface area contributed by atoms with Crippen molar-refractivity contribution in [2.45, 2.75) is 53.0 Å². The Morgan fingerprint density at radius 1 is 0.943 bits per heavy atom. The second kappa shape index (κ2) is 7.70. The molecule has 1 fully saturated rings. The summed E-state index contributed by atoms with van der Waals surface area (Å²) in [6.45, 7) is 9.52. The molecule has 1 amide bonds. The van der Waals surface area contributed by atoms with Crippen LogP contribution in [0, 0.1) is 33.6 Å². The Hall–Kier alpha value is -3.61. The Bertz CT molecular complexity index is 1650. The summed E-state index contributed by atoms with van der Waals surface area (Å²) in [5.74, 6) is 1.14. The molecule has 0 N–H and O–H groups in total. The number of carbonyl (C=O) groups excluding carboxylic acids is 1. The van der Waals surface area contributed by atoms with Crippen molar-refractivity contribution in [3.63, 3.8) is 0 Å². The number of rotatable bonds is 2. The molecule has 0 radical (unpaired) electrons. The van der Waals surface area contributed by atoms with Crippen LogP contribution in [-0.2, 0) is 17.8 Å². The number of hydrogen-bond donors (Lipinski definition) is 0. The number of pyridine rings is 1. The summed E-state index contributed by atoms with van der Waals surface area (Å²) in [6.07, 6.45) is 0.981. The molecule has 2 bridgehead atoms. The molecule has 0 aliphatic carbocycles. The number of aromatic nitrogens is 1. The van der Waals surface area contributed by atoms with Crippen molar-refractivity contribution in [3.05, 3.63) is 78.7 Å². The van der Waals surface area contributed by atoms with Gasteiger partial charge in [-0.25, -0.2) is 4.79 Å². The van der Waals surface area contributed by atoms with Gasteiger partial charge in [-0.1, -0.05) is 6.07 Å². The first-order chi connectivity index (χ1) is 16.7. The number of fused-ring (bicyclic) bond motifs is 6. The van der Waals surface area contributed by atoms with Gasteiger partial charge in [-0.15, -0.1) is 0 Å². The third-order valence-corrected chi connectivity index (χ3v) is 8.10. The average molecular weight is 473 g/mol. The lowest BCUT2D eigenvalue weighted by molar-refractivity contribution is -0.133. The van der Waals surface area contributed by atoms with Gasteiger partial charge in [0.05, 0.1) is 12.0 Å². The van der Waals surface area contributed by atoms with Crippen molar-refractivity contribution in [3.8, 4) is 0 Å².